The van der Waals surface area contributed by atoms with Crippen LogP contribution in [0.5, 0.6) is 0 Å². The van der Waals surface area contributed by atoms with Crippen LogP contribution in [0.1, 0.15) is 39.5 Å². The van der Waals surface area contributed by atoms with Crippen LogP contribution in [0.25, 0.3) is 0 Å². The number of rotatable bonds is 2. The van der Waals surface area contributed by atoms with E-state index in [9.17, 15) is 9.59 Å². The molecule has 3 aliphatic rings. The van der Waals surface area contributed by atoms with Gasteiger partial charge in [0.25, 0.3) is 0 Å². The van der Waals surface area contributed by atoms with E-state index in [1.807, 2.05) is 4.90 Å². The highest BCUT2D eigenvalue weighted by atomic mass is 16.4. The molecule has 1 saturated heterocycles. The molecule has 0 aromatic heterocycles. The molecule has 106 valence electrons. The summed E-state index contributed by atoms with van der Waals surface area (Å²) in [4.78, 5) is 25.4. The first-order valence-electron chi connectivity index (χ1n) is 7.43. The summed E-state index contributed by atoms with van der Waals surface area (Å²) in [7, 11) is 0. The van der Waals surface area contributed by atoms with Gasteiger partial charge in [-0.15, -0.1) is 0 Å². The Bertz CT molecular complexity index is 396. The maximum atomic E-state index is 12.4. The van der Waals surface area contributed by atoms with Gasteiger partial charge in [-0.1, -0.05) is 13.8 Å². The third kappa shape index (κ3) is 2.05. The summed E-state index contributed by atoms with van der Waals surface area (Å²) in [5.41, 5.74) is 0.442. The minimum atomic E-state index is -0.699. The maximum Gasteiger partial charge on any atom is 0.306 e. The van der Waals surface area contributed by atoms with Crippen LogP contribution >= 0.6 is 0 Å². The fraction of sp³-hybridized carbons (Fsp3) is 0.867. The molecular formula is C15H23NO3. The highest BCUT2D eigenvalue weighted by Gasteiger charge is 2.62. The number of piperidine rings is 1. The van der Waals surface area contributed by atoms with E-state index in [4.69, 9.17) is 5.11 Å². The zero-order valence-corrected chi connectivity index (χ0v) is 11.8. The van der Waals surface area contributed by atoms with E-state index in [1.54, 1.807) is 0 Å². The Labute approximate surface area is 114 Å². The van der Waals surface area contributed by atoms with Crippen molar-refractivity contribution in [3.63, 3.8) is 0 Å². The van der Waals surface area contributed by atoms with E-state index in [2.05, 4.69) is 13.8 Å². The van der Waals surface area contributed by atoms with Gasteiger partial charge in [0.05, 0.1) is 5.92 Å². The smallest absolute Gasteiger partial charge is 0.306 e. The Morgan fingerprint density at radius 2 is 1.47 bits per heavy atom. The number of carbonyl (C=O) groups is 2. The largest absolute Gasteiger partial charge is 0.481 e. The van der Waals surface area contributed by atoms with Crippen molar-refractivity contribution in [2.75, 3.05) is 13.1 Å². The molecule has 1 aliphatic heterocycles. The third-order valence-electron chi connectivity index (χ3n) is 5.86. The van der Waals surface area contributed by atoms with Gasteiger partial charge in [-0.2, -0.15) is 0 Å². The Morgan fingerprint density at radius 3 is 1.95 bits per heavy atom. The van der Waals surface area contributed by atoms with Crippen LogP contribution in [-0.2, 0) is 9.59 Å². The Balaban J connectivity index is 1.52. The molecule has 1 amide bonds. The molecule has 1 heterocycles. The van der Waals surface area contributed by atoms with E-state index in [1.165, 1.54) is 0 Å². The minimum Gasteiger partial charge on any atom is -0.481 e. The number of fused-ring (bicyclic) bond motifs is 1. The van der Waals surface area contributed by atoms with E-state index in [0.717, 1.165) is 25.9 Å². The quantitative estimate of drug-likeness (QED) is 0.830. The lowest BCUT2D eigenvalue weighted by Gasteiger charge is -2.30. The van der Waals surface area contributed by atoms with E-state index in [0.29, 0.717) is 30.1 Å². The van der Waals surface area contributed by atoms with Crippen LogP contribution in [-0.4, -0.2) is 35.0 Å². The van der Waals surface area contributed by atoms with Gasteiger partial charge in [0.2, 0.25) is 5.91 Å². The van der Waals surface area contributed by atoms with E-state index < -0.39 is 5.97 Å². The molecule has 3 fully saturated rings. The molecule has 0 bridgehead atoms. The van der Waals surface area contributed by atoms with Crippen molar-refractivity contribution < 1.29 is 14.7 Å². The fourth-order valence-electron chi connectivity index (χ4n) is 4.16. The lowest BCUT2D eigenvalue weighted by atomic mass is 9.81. The van der Waals surface area contributed by atoms with Gasteiger partial charge >= 0.3 is 5.97 Å². The number of nitrogens with zero attached hydrogens (tertiary/aromatic N) is 1. The predicted octanol–water partition coefficient (Wildman–Crippen LogP) is 1.99. The van der Waals surface area contributed by atoms with Crippen LogP contribution in [0.2, 0.25) is 0 Å². The highest BCUT2D eigenvalue weighted by Crippen LogP contribution is 2.62. The molecule has 4 nitrogen and oxygen atoms in total. The molecule has 3 rings (SSSR count). The van der Waals surface area contributed by atoms with Crippen LogP contribution in [0.3, 0.4) is 0 Å². The summed E-state index contributed by atoms with van der Waals surface area (Å²) < 4.78 is 0. The number of hydrogen-bond acceptors (Lipinski definition) is 2. The standard InChI is InChI=1S/C15H23NO3/c1-15(2)11-7-16(8-12(11)15)13(17)9-3-5-10(6-4-9)14(18)19/h9-12H,3-8H2,1-2H3,(H,18,19). The lowest BCUT2D eigenvalue weighted by Crippen LogP contribution is -2.39. The zero-order chi connectivity index (χ0) is 13.8. The normalized spacial score (nSPS) is 39.8. The number of amides is 1. The lowest BCUT2D eigenvalue weighted by molar-refractivity contribution is -0.145. The summed E-state index contributed by atoms with van der Waals surface area (Å²) in [5.74, 6) is 0.840. The molecule has 4 heteroatoms. The van der Waals surface area contributed by atoms with Gasteiger partial charge in [-0.25, -0.2) is 0 Å². The van der Waals surface area contributed by atoms with Crippen LogP contribution < -0.4 is 0 Å². The number of likely N-dealkylation sites (tertiary alicyclic amines) is 1. The first-order chi connectivity index (χ1) is 8.91. The molecule has 1 N–H and O–H groups in total. The van der Waals surface area contributed by atoms with Crippen molar-refractivity contribution >= 4 is 11.9 Å². The number of aliphatic carboxylic acids is 1. The van der Waals surface area contributed by atoms with Crippen molar-refractivity contribution in [2.24, 2.45) is 29.1 Å². The Hall–Kier alpha value is -1.06. The van der Waals surface area contributed by atoms with Crippen LogP contribution in [0, 0.1) is 29.1 Å². The summed E-state index contributed by atoms with van der Waals surface area (Å²) >= 11 is 0. The van der Waals surface area contributed by atoms with Crippen molar-refractivity contribution in [3.05, 3.63) is 0 Å². The predicted molar refractivity (Wildman–Crippen MR) is 70.4 cm³/mol. The summed E-state index contributed by atoms with van der Waals surface area (Å²) in [6.45, 7) is 6.44. The minimum absolute atomic E-state index is 0.0798. The Morgan fingerprint density at radius 1 is 1.00 bits per heavy atom. The van der Waals surface area contributed by atoms with Crippen molar-refractivity contribution in [1.29, 1.82) is 0 Å². The molecule has 2 unspecified atom stereocenters. The molecule has 2 saturated carbocycles. The molecule has 0 aromatic rings. The molecule has 0 spiro atoms. The first-order valence-corrected chi connectivity index (χ1v) is 7.43. The number of hydrogen-bond donors (Lipinski definition) is 1. The zero-order valence-electron chi connectivity index (χ0n) is 11.8. The fourth-order valence-corrected chi connectivity index (χ4v) is 4.16. The topological polar surface area (TPSA) is 57.6 Å². The summed E-state index contributed by atoms with van der Waals surface area (Å²) in [6, 6.07) is 0. The van der Waals surface area contributed by atoms with Crippen LogP contribution in [0.4, 0.5) is 0 Å². The van der Waals surface area contributed by atoms with E-state index >= 15 is 0 Å². The second-order valence-corrected chi connectivity index (χ2v) is 7.16. The molecule has 0 radical (unpaired) electrons. The number of carbonyl (C=O) groups excluding carboxylic acids is 1. The van der Waals surface area contributed by atoms with Gasteiger partial charge in [0, 0.05) is 19.0 Å². The maximum absolute atomic E-state index is 12.4. The van der Waals surface area contributed by atoms with Crippen molar-refractivity contribution in [3.8, 4) is 0 Å². The van der Waals surface area contributed by atoms with Gasteiger partial charge in [0.15, 0.2) is 0 Å². The monoisotopic (exact) mass is 265 g/mol. The SMILES string of the molecule is CC1(C)C2CN(C(=O)C3CCC(C(=O)O)CC3)CC21. The number of carboxylic acid groups (broad SMARTS) is 1. The van der Waals surface area contributed by atoms with E-state index in [-0.39, 0.29) is 17.7 Å². The number of carboxylic acids is 1. The average Bonchev–Trinajstić information content (AvgIpc) is 2.79. The molecule has 2 atom stereocenters. The third-order valence-corrected chi connectivity index (χ3v) is 5.86. The second kappa shape index (κ2) is 4.22. The van der Waals surface area contributed by atoms with Gasteiger partial charge in [0.1, 0.15) is 0 Å². The average molecular weight is 265 g/mol. The second-order valence-electron chi connectivity index (χ2n) is 7.16. The molecule has 19 heavy (non-hydrogen) atoms. The molecule has 2 aliphatic carbocycles. The molecule has 0 aromatic carbocycles. The first kappa shape index (κ1) is 12.9. The van der Waals surface area contributed by atoms with Crippen molar-refractivity contribution in [1.82, 2.24) is 4.90 Å². The Kier molecular flexibility index (Phi) is 2.88. The molecular weight excluding hydrogens is 242 g/mol. The highest BCUT2D eigenvalue weighted by molar-refractivity contribution is 5.80. The van der Waals surface area contributed by atoms with Gasteiger partial charge in [-0.05, 0) is 42.9 Å². The van der Waals surface area contributed by atoms with Gasteiger partial charge in [-0.3, -0.25) is 9.59 Å². The van der Waals surface area contributed by atoms with Crippen molar-refractivity contribution in [2.45, 2.75) is 39.5 Å². The summed E-state index contributed by atoms with van der Waals surface area (Å²) in [6.07, 6.45) is 2.84. The van der Waals surface area contributed by atoms with Crippen LogP contribution in [0.15, 0.2) is 0 Å². The summed E-state index contributed by atoms with van der Waals surface area (Å²) in [5, 5.41) is 8.98. The van der Waals surface area contributed by atoms with Gasteiger partial charge < -0.3 is 10.0 Å².